The van der Waals surface area contributed by atoms with Crippen molar-refractivity contribution in [2.45, 2.75) is 17.7 Å². The van der Waals surface area contributed by atoms with Crippen molar-refractivity contribution in [3.05, 3.63) is 58.6 Å². The van der Waals surface area contributed by atoms with Crippen LogP contribution in [0.15, 0.2) is 57.9 Å². The van der Waals surface area contributed by atoms with E-state index in [2.05, 4.69) is 33.9 Å². The fourth-order valence-corrected chi connectivity index (χ4v) is 2.43. The zero-order valence-electron chi connectivity index (χ0n) is 13.2. The molecular weight excluding hydrogens is 406 g/mol. The molecule has 25 heavy (non-hydrogen) atoms. The molecule has 2 aromatic carbocycles. The Morgan fingerprint density at radius 2 is 1.68 bits per heavy atom. The molecule has 0 aromatic heterocycles. The molecular formula is C18H16BrNO4S. The number of benzene rings is 2. The molecule has 2 aromatic rings. The summed E-state index contributed by atoms with van der Waals surface area (Å²) in [6.45, 7) is -0.346. The van der Waals surface area contributed by atoms with Crippen LogP contribution in [0.4, 0.5) is 5.69 Å². The molecule has 130 valence electrons. The van der Waals surface area contributed by atoms with Gasteiger partial charge in [0.05, 0.1) is 12.1 Å². The molecule has 0 unspecified atom stereocenters. The number of carbonyl (C=O) groups is 3. The maximum absolute atomic E-state index is 11.9. The van der Waals surface area contributed by atoms with Crippen molar-refractivity contribution in [1.82, 2.24) is 0 Å². The second-order valence-electron chi connectivity index (χ2n) is 5.16. The fraction of sp³-hybridized carbons (Fsp3) is 0.167. The number of rotatable bonds is 7. The van der Waals surface area contributed by atoms with Gasteiger partial charge in [-0.2, -0.15) is 0 Å². The first-order valence-corrected chi connectivity index (χ1v) is 8.72. The molecule has 7 heteroatoms. The minimum atomic E-state index is -0.597. The second kappa shape index (κ2) is 9.39. The van der Waals surface area contributed by atoms with Gasteiger partial charge in [-0.3, -0.25) is 14.4 Å². The molecule has 0 heterocycles. The highest BCUT2D eigenvalue weighted by atomic mass is 79.9. The third-order valence-electron chi connectivity index (χ3n) is 3.26. The highest BCUT2D eigenvalue weighted by molar-refractivity contribution is 9.10. The third kappa shape index (κ3) is 6.36. The van der Waals surface area contributed by atoms with Gasteiger partial charge in [-0.1, -0.05) is 40.2 Å². The number of Topliss-reactive ketones (excluding diaryl/α,β-unsaturated/α-hetero) is 1. The molecule has 1 amide bonds. The van der Waals surface area contributed by atoms with Crippen LogP contribution in [0, 0.1) is 0 Å². The van der Waals surface area contributed by atoms with E-state index in [1.165, 1.54) is 0 Å². The van der Waals surface area contributed by atoms with Crippen molar-refractivity contribution >= 4 is 51.9 Å². The summed E-state index contributed by atoms with van der Waals surface area (Å²) in [6, 6.07) is 13.8. The SMILES string of the molecule is O=C(CCC(=O)OCC(=O)c1ccc(Br)cc1)Nc1ccccc1S. The molecule has 0 spiro atoms. The molecule has 0 aliphatic heterocycles. The standard InChI is InChI=1S/C18H16BrNO4S/c19-13-7-5-12(6-8-13)15(21)11-24-18(23)10-9-17(22)20-14-3-1-2-4-16(14)25/h1-8,25H,9-11H2,(H,20,22). The Bertz CT molecular complexity index is 777. The molecule has 0 radical (unpaired) electrons. The zero-order valence-corrected chi connectivity index (χ0v) is 15.7. The number of nitrogens with one attached hydrogen (secondary N) is 1. The summed E-state index contributed by atoms with van der Waals surface area (Å²) in [6.07, 6.45) is -0.137. The summed E-state index contributed by atoms with van der Waals surface area (Å²) < 4.78 is 5.77. The van der Waals surface area contributed by atoms with Crippen LogP contribution >= 0.6 is 28.6 Å². The molecule has 0 atom stereocenters. The molecule has 2 rings (SSSR count). The molecule has 1 N–H and O–H groups in total. The average Bonchev–Trinajstić information content (AvgIpc) is 2.60. The quantitative estimate of drug-likeness (QED) is 0.404. The predicted octanol–water partition coefficient (Wildman–Crippen LogP) is 3.88. The lowest BCUT2D eigenvalue weighted by Crippen LogP contribution is -2.17. The van der Waals surface area contributed by atoms with E-state index in [1.807, 2.05) is 0 Å². The molecule has 0 saturated heterocycles. The highest BCUT2D eigenvalue weighted by Crippen LogP contribution is 2.18. The normalized spacial score (nSPS) is 10.2. The van der Waals surface area contributed by atoms with Gasteiger partial charge in [0, 0.05) is 21.4 Å². The Labute approximate surface area is 159 Å². The first kappa shape index (κ1) is 19.2. The van der Waals surface area contributed by atoms with E-state index in [0.29, 0.717) is 16.1 Å². The number of carbonyl (C=O) groups excluding carboxylic acids is 3. The van der Waals surface area contributed by atoms with E-state index >= 15 is 0 Å². The van der Waals surface area contributed by atoms with E-state index in [9.17, 15) is 14.4 Å². The number of anilines is 1. The summed E-state index contributed by atoms with van der Waals surface area (Å²) in [7, 11) is 0. The van der Waals surface area contributed by atoms with Gasteiger partial charge in [0.2, 0.25) is 5.91 Å². The fourth-order valence-electron chi connectivity index (χ4n) is 1.94. The molecule has 5 nitrogen and oxygen atoms in total. The molecule has 0 aliphatic carbocycles. The summed E-state index contributed by atoms with van der Waals surface area (Å²) in [5.74, 6) is -1.22. The van der Waals surface area contributed by atoms with Gasteiger partial charge in [0.15, 0.2) is 12.4 Å². The van der Waals surface area contributed by atoms with Crippen molar-refractivity contribution < 1.29 is 19.1 Å². The topological polar surface area (TPSA) is 72.5 Å². The Hall–Kier alpha value is -2.12. The summed E-state index contributed by atoms with van der Waals surface area (Å²) in [5, 5.41) is 2.67. The number of esters is 1. The van der Waals surface area contributed by atoms with Crippen molar-refractivity contribution in [2.75, 3.05) is 11.9 Å². The minimum absolute atomic E-state index is 0.0343. The Morgan fingerprint density at radius 3 is 2.36 bits per heavy atom. The first-order valence-electron chi connectivity index (χ1n) is 7.48. The molecule has 0 saturated carbocycles. The minimum Gasteiger partial charge on any atom is -0.457 e. The van der Waals surface area contributed by atoms with Crippen LogP contribution in [0.3, 0.4) is 0 Å². The summed E-state index contributed by atoms with van der Waals surface area (Å²) >= 11 is 7.51. The highest BCUT2D eigenvalue weighted by Gasteiger charge is 2.12. The number of thiol groups is 1. The number of halogens is 1. The van der Waals surface area contributed by atoms with E-state index in [1.54, 1.807) is 48.5 Å². The lowest BCUT2D eigenvalue weighted by atomic mass is 10.1. The van der Waals surface area contributed by atoms with Gasteiger partial charge in [-0.15, -0.1) is 12.6 Å². The first-order chi connectivity index (χ1) is 12.0. The number of amides is 1. The number of hydrogen-bond acceptors (Lipinski definition) is 5. The lowest BCUT2D eigenvalue weighted by molar-refractivity contribution is -0.143. The van der Waals surface area contributed by atoms with Crippen molar-refractivity contribution in [2.24, 2.45) is 0 Å². The molecule has 0 fully saturated rings. The maximum atomic E-state index is 11.9. The number of hydrogen-bond donors (Lipinski definition) is 2. The second-order valence-corrected chi connectivity index (χ2v) is 6.55. The largest absolute Gasteiger partial charge is 0.457 e. The monoisotopic (exact) mass is 421 g/mol. The summed E-state index contributed by atoms with van der Waals surface area (Å²) in [5.41, 5.74) is 1.04. The van der Waals surface area contributed by atoms with E-state index in [-0.39, 0.29) is 31.1 Å². The van der Waals surface area contributed by atoms with Gasteiger partial charge in [0.25, 0.3) is 0 Å². The van der Waals surface area contributed by atoms with Crippen LogP contribution in [0.2, 0.25) is 0 Å². The predicted molar refractivity (Wildman–Crippen MR) is 101 cm³/mol. The van der Waals surface area contributed by atoms with Crippen LogP contribution in [-0.4, -0.2) is 24.3 Å². The van der Waals surface area contributed by atoms with E-state index < -0.39 is 5.97 Å². The molecule has 0 bridgehead atoms. The smallest absolute Gasteiger partial charge is 0.306 e. The zero-order chi connectivity index (χ0) is 18.2. The van der Waals surface area contributed by atoms with Crippen molar-refractivity contribution in [1.29, 1.82) is 0 Å². The van der Waals surface area contributed by atoms with Gasteiger partial charge in [0.1, 0.15) is 0 Å². The molecule has 0 aliphatic rings. The van der Waals surface area contributed by atoms with Gasteiger partial charge >= 0.3 is 5.97 Å². The third-order valence-corrected chi connectivity index (χ3v) is 4.18. The van der Waals surface area contributed by atoms with Crippen molar-refractivity contribution in [3.63, 3.8) is 0 Å². The lowest BCUT2D eigenvalue weighted by Gasteiger charge is -2.07. The van der Waals surface area contributed by atoms with Crippen LogP contribution in [-0.2, 0) is 14.3 Å². The average molecular weight is 422 g/mol. The van der Waals surface area contributed by atoms with Gasteiger partial charge < -0.3 is 10.1 Å². The van der Waals surface area contributed by atoms with Crippen LogP contribution in [0.5, 0.6) is 0 Å². The number of ether oxygens (including phenoxy) is 1. The number of para-hydroxylation sites is 1. The summed E-state index contributed by atoms with van der Waals surface area (Å²) in [4.78, 5) is 36.1. The number of ketones is 1. The van der Waals surface area contributed by atoms with E-state index in [0.717, 1.165) is 4.47 Å². The van der Waals surface area contributed by atoms with Crippen LogP contribution in [0.1, 0.15) is 23.2 Å². The van der Waals surface area contributed by atoms with Crippen LogP contribution < -0.4 is 5.32 Å². The van der Waals surface area contributed by atoms with Gasteiger partial charge in [-0.25, -0.2) is 0 Å². The van der Waals surface area contributed by atoms with E-state index in [4.69, 9.17) is 4.74 Å². The Morgan fingerprint density at radius 1 is 1.00 bits per heavy atom. The van der Waals surface area contributed by atoms with Crippen molar-refractivity contribution in [3.8, 4) is 0 Å². The van der Waals surface area contributed by atoms with Crippen LogP contribution in [0.25, 0.3) is 0 Å². The Kier molecular flexibility index (Phi) is 7.21. The Balaban J connectivity index is 1.73. The maximum Gasteiger partial charge on any atom is 0.306 e. The van der Waals surface area contributed by atoms with Gasteiger partial charge in [-0.05, 0) is 24.3 Å².